The molecule has 2 aromatic heterocycles. The topological polar surface area (TPSA) is 106 Å². The van der Waals surface area contributed by atoms with Gasteiger partial charge in [-0.1, -0.05) is 23.9 Å². The Morgan fingerprint density at radius 1 is 1.25 bits per heavy atom. The van der Waals surface area contributed by atoms with Gasteiger partial charge in [0.25, 0.3) is 5.22 Å². The predicted molar refractivity (Wildman–Crippen MR) is 124 cm³/mol. The van der Waals surface area contributed by atoms with E-state index in [0.29, 0.717) is 30.5 Å². The van der Waals surface area contributed by atoms with Crippen molar-refractivity contribution in [3.05, 3.63) is 35.2 Å². The van der Waals surface area contributed by atoms with E-state index in [1.165, 1.54) is 16.5 Å². The van der Waals surface area contributed by atoms with Gasteiger partial charge < -0.3 is 9.32 Å². The summed E-state index contributed by atoms with van der Waals surface area (Å²) in [7, 11) is -2.92. The van der Waals surface area contributed by atoms with Crippen molar-refractivity contribution in [1.29, 1.82) is 0 Å². The maximum Gasteiger partial charge on any atom is 0.277 e. The van der Waals surface area contributed by atoms with Crippen molar-refractivity contribution in [2.24, 2.45) is 5.92 Å². The molecule has 0 spiro atoms. The van der Waals surface area contributed by atoms with E-state index < -0.39 is 9.84 Å². The molecule has 0 saturated carbocycles. The summed E-state index contributed by atoms with van der Waals surface area (Å²) in [4.78, 5) is 19.5. The average Bonchev–Trinajstić information content (AvgIpc) is 3.50. The summed E-state index contributed by atoms with van der Waals surface area (Å²) < 4.78 is 30.0. The molecule has 0 bridgehead atoms. The Balaban J connectivity index is 1.14. The number of benzene rings is 1. The summed E-state index contributed by atoms with van der Waals surface area (Å²) in [6, 6.07) is 8.14. The Bertz CT molecular complexity index is 1190. The maximum atomic E-state index is 12.8. The second-order valence-electron chi connectivity index (χ2n) is 8.42. The number of fused-ring (bicyclic) bond motifs is 1. The fourth-order valence-electron chi connectivity index (χ4n) is 4.34. The number of sulfone groups is 1. The minimum Gasteiger partial charge on any atom is -0.416 e. The van der Waals surface area contributed by atoms with Crippen LogP contribution in [0.1, 0.15) is 36.1 Å². The van der Waals surface area contributed by atoms with E-state index in [-0.39, 0.29) is 35.0 Å². The van der Waals surface area contributed by atoms with E-state index in [1.54, 1.807) is 11.3 Å². The number of amides is 1. The average molecular weight is 493 g/mol. The van der Waals surface area contributed by atoms with Gasteiger partial charge in [-0.15, -0.1) is 21.5 Å². The summed E-state index contributed by atoms with van der Waals surface area (Å²) in [5.74, 6) is 1.46. The van der Waals surface area contributed by atoms with Crippen molar-refractivity contribution in [2.45, 2.75) is 36.8 Å². The molecule has 32 heavy (non-hydrogen) atoms. The molecule has 2 unspecified atom stereocenters. The largest absolute Gasteiger partial charge is 0.416 e. The van der Waals surface area contributed by atoms with Crippen LogP contribution in [0.3, 0.4) is 0 Å². The van der Waals surface area contributed by atoms with Gasteiger partial charge in [-0.2, -0.15) is 0 Å². The van der Waals surface area contributed by atoms with Gasteiger partial charge in [-0.25, -0.2) is 13.4 Å². The lowest BCUT2D eigenvalue weighted by Crippen LogP contribution is -2.40. The van der Waals surface area contributed by atoms with Gasteiger partial charge in [0, 0.05) is 25.4 Å². The third-order valence-electron chi connectivity index (χ3n) is 5.99. The highest BCUT2D eigenvalue weighted by atomic mass is 32.2. The van der Waals surface area contributed by atoms with Crippen molar-refractivity contribution >= 4 is 49.1 Å². The van der Waals surface area contributed by atoms with Crippen molar-refractivity contribution in [2.75, 3.05) is 30.3 Å². The number of rotatable bonds is 6. The Hall–Kier alpha value is -1.98. The number of nitrogens with zero attached hydrogens (tertiary/aromatic N) is 4. The summed E-state index contributed by atoms with van der Waals surface area (Å²) in [6.45, 7) is 1.44. The van der Waals surface area contributed by atoms with Gasteiger partial charge in [-0.3, -0.25) is 4.79 Å². The molecule has 0 aliphatic carbocycles. The number of hydrogen-bond donors (Lipinski definition) is 0. The van der Waals surface area contributed by atoms with Crippen molar-refractivity contribution in [1.82, 2.24) is 20.1 Å². The number of likely N-dealkylation sites (tertiary alicyclic amines) is 1. The molecule has 1 aromatic carbocycles. The van der Waals surface area contributed by atoms with Crippen molar-refractivity contribution in [3.8, 4) is 0 Å². The zero-order chi connectivity index (χ0) is 22.1. The lowest BCUT2D eigenvalue weighted by molar-refractivity contribution is -0.129. The third kappa shape index (κ3) is 4.99. The SMILES string of the molecule is O=C(CSc1nnc(CC2CCS(=O)(=O)C2)o1)N1CCCC(c2nc3ccccc3s2)C1. The molecule has 2 aliphatic heterocycles. The van der Waals surface area contributed by atoms with Gasteiger partial charge in [0.1, 0.15) is 0 Å². The number of piperidine rings is 1. The Morgan fingerprint density at radius 3 is 2.94 bits per heavy atom. The first-order chi connectivity index (χ1) is 15.4. The number of para-hydroxylation sites is 1. The molecule has 0 radical (unpaired) electrons. The second kappa shape index (κ2) is 9.11. The molecular weight excluding hydrogens is 468 g/mol. The summed E-state index contributed by atoms with van der Waals surface area (Å²) in [6.07, 6.45) is 3.11. The van der Waals surface area contributed by atoms with Crippen LogP contribution in [-0.4, -0.2) is 64.8 Å². The predicted octanol–water partition coefficient (Wildman–Crippen LogP) is 3.15. The Labute approximate surface area is 194 Å². The number of aromatic nitrogens is 3. The molecule has 2 aliphatic rings. The zero-order valence-electron chi connectivity index (χ0n) is 17.5. The summed E-state index contributed by atoms with van der Waals surface area (Å²) in [5.41, 5.74) is 1.02. The Morgan fingerprint density at radius 2 is 2.12 bits per heavy atom. The highest BCUT2D eigenvalue weighted by Crippen LogP contribution is 2.33. The first-order valence-electron chi connectivity index (χ1n) is 10.7. The molecule has 8 nitrogen and oxygen atoms in total. The molecule has 0 N–H and O–H groups in total. The van der Waals surface area contributed by atoms with Crippen LogP contribution in [0, 0.1) is 5.92 Å². The van der Waals surface area contributed by atoms with E-state index in [2.05, 4.69) is 16.3 Å². The molecule has 11 heteroatoms. The van der Waals surface area contributed by atoms with Gasteiger partial charge in [-0.05, 0) is 37.3 Å². The molecule has 170 valence electrons. The van der Waals surface area contributed by atoms with E-state index >= 15 is 0 Å². The van der Waals surface area contributed by atoms with Crippen LogP contribution in [0.5, 0.6) is 0 Å². The number of carbonyl (C=O) groups excluding carboxylic acids is 1. The standard InChI is InChI=1S/C21H24N4O4S3/c26-19(12-30-21-24-23-18(29-21)10-14-7-9-32(27,28)13-14)25-8-3-4-15(11-25)20-22-16-5-1-2-6-17(16)31-20/h1-2,5-6,14-15H,3-4,7-13H2. The Kier molecular flexibility index (Phi) is 6.22. The van der Waals surface area contributed by atoms with Crippen LogP contribution >= 0.6 is 23.1 Å². The normalized spacial score (nSPS) is 23.1. The quantitative estimate of drug-likeness (QED) is 0.483. The minimum absolute atomic E-state index is 0.0349. The third-order valence-corrected chi connectivity index (χ3v) is 9.83. The van der Waals surface area contributed by atoms with Gasteiger partial charge in [0.2, 0.25) is 11.8 Å². The number of thiazole rings is 1. The van der Waals surface area contributed by atoms with E-state index in [1.807, 2.05) is 23.1 Å². The zero-order valence-corrected chi connectivity index (χ0v) is 19.9. The molecule has 2 atom stereocenters. The number of thioether (sulfide) groups is 1. The fourth-order valence-corrected chi connectivity index (χ4v) is 7.98. The van der Waals surface area contributed by atoms with Gasteiger partial charge in [0.05, 0.1) is 32.5 Å². The maximum absolute atomic E-state index is 12.8. The van der Waals surface area contributed by atoms with E-state index in [4.69, 9.17) is 9.40 Å². The smallest absolute Gasteiger partial charge is 0.277 e. The molecule has 2 fully saturated rings. The lowest BCUT2D eigenvalue weighted by atomic mass is 9.99. The van der Waals surface area contributed by atoms with Crippen LogP contribution in [0.2, 0.25) is 0 Å². The first kappa shape index (κ1) is 21.8. The molecule has 1 amide bonds. The molecule has 3 aromatic rings. The van der Waals surface area contributed by atoms with Crippen LogP contribution in [0.15, 0.2) is 33.9 Å². The van der Waals surface area contributed by atoms with Crippen LogP contribution in [0.25, 0.3) is 10.2 Å². The fraction of sp³-hybridized carbons (Fsp3) is 0.524. The highest BCUT2D eigenvalue weighted by Gasteiger charge is 2.30. The van der Waals surface area contributed by atoms with Crippen molar-refractivity contribution < 1.29 is 17.6 Å². The monoisotopic (exact) mass is 492 g/mol. The molecular formula is C21H24N4O4S3. The van der Waals surface area contributed by atoms with E-state index in [9.17, 15) is 13.2 Å². The van der Waals surface area contributed by atoms with Gasteiger partial charge in [0.15, 0.2) is 9.84 Å². The number of carbonyl (C=O) groups is 1. The van der Waals surface area contributed by atoms with Gasteiger partial charge >= 0.3 is 0 Å². The van der Waals surface area contributed by atoms with Crippen LogP contribution in [-0.2, 0) is 21.1 Å². The van der Waals surface area contributed by atoms with E-state index in [0.717, 1.165) is 29.9 Å². The lowest BCUT2D eigenvalue weighted by Gasteiger charge is -2.31. The second-order valence-corrected chi connectivity index (χ2v) is 12.6. The minimum atomic E-state index is -2.92. The highest BCUT2D eigenvalue weighted by molar-refractivity contribution is 7.99. The number of hydrogen-bond acceptors (Lipinski definition) is 9. The van der Waals surface area contributed by atoms with Crippen LogP contribution < -0.4 is 0 Å². The first-order valence-corrected chi connectivity index (χ1v) is 14.4. The van der Waals surface area contributed by atoms with Crippen LogP contribution in [0.4, 0.5) is 0 Å². The molecule has 5 rings (SSSR count). The summed E-state index contributed by atoms with van der Waals surface area (Å²) >= 11 is 2.96. The molecule has 2 saturated heterocycles. The molecule has 4 heterocycles. The van der Waals surface area contributed by atoms with Crippen molar-refractivity contribution in [3.63, 3.8) is 0 Å². The summed E-state index contributed by atoms with van der Waals surface area (Å²) in [5, 5.41) is 9.50.